The molecule has 1 saturated heterocycles. The van der Waals surface area contributed by atoms with Crippen molar-refractivity contribution >= 4 is 35.1 Å². The van der Waals surface area contributed by atoms with Gasteiger partial charge in [-0.05, 0) is 24.1 Å². The Morgan fingerprint density at radius 2 is 1.80 bits per heavy atom. The zero-order valence-electron chi connectivity index (χ0n) is 11.2. The van der Waals surface area contributed by atoms with Crippen LogP contribution in [0, 0.1) is 11.8 Å². The van der Waals surface area contributed by atoms with E-state index in [0.717, 1.165) is 0 Å². The van der Waals surface area contributed by atoms with Crippen LogP contribution in [0.2, 0.25) is 10.0 Å². The molecule has 0 bridgehead atoms. The Morgan fingerprint density at radius 1 is 1.20 bits per heavy atom. The van der Waals surface area contributed by atoms with Gasteiger partial charge in [0.25, 0.3) is 5.91 Å². The van der Waals surface area contributed by atoms with Crippen LogP contribution in [0.15, 0.2) is 18.2 Å². The quantitative estimate of drug-likeness (QED) is 0.788. The molecule has 1 aliphatic heterocycles. The summed E-state index contributed by atoms with van der Waals surface area (Å²) >= 11 is 11.8. The molecule has 1 aromatic rings. The Morgan fingerprint density at radius 3 is 2.35 bits per heavy atom. The highest BCUT2D eigenvalue weighted by molar-refractivity contribution is 6.35. The topological polar surface area (TPSA) is 46.6 Å². The average molecular weight is 316 g/mol. The number of methoxy groups -OCH3 is 1. The van der Waals surface area contributed by atoms with E-state index in [1.165, 1.54) is 7.11 Å². The first-order valence-corrected chi connectivity index (χ1v) is 7.01. The number of hydrogen-bond acceptors (Lipinski definition) is 3. The van der Waals surface area contributed by atoms with E-state index >= 15 is 0 Å². The second-order valence-electron chi connectivity index (χ2n) is 4.98. The van der Waals surface area contributed by atoms with Crippen molar-refractivity contribution in [2.24, 2.45) is 11.8 Å². The van der Waals surface area contributed by atoms with Gasteiger partial charge in [0.15, 0.2) is 0 Å². The summed E-state index contributed by atoms with van der Waals surface area (Å²) < 4.78 is 4.76. The molecule has 2 unspecified atom stereocenters. The van der Waals surface area contributed by atoms with E-state index in [1.54, 1.807) is 23.1 Å². The molecule has 0 spiro atoms. The number of amides is 1. The molecule has 2 rings (SSSR count). The number of likely N-dealkylation sites (tertiary alicyclic amines) is 1. The Balaban J connectivity index is 2.16. The molecule has 1 aliphatic rings. The van der Waals surface area contributed by atoms with Gasteiger partial charge >= 0.3 is 5.97 Å². The maximum atomic E-state index is 12.4. The number of carbonyl (C=O) groups is 2. The van der Waals surface area contributed by atoms with Crippen molar-refractivity contribution in [3.05, 3.63) is 33.8 Å². The van der Waals surface area contributed by atoms with Crippen LogP contribution in [0.5, 0.6) is 0 Å². The Labute approximate surface area is 127 Å². The number of halogens is 2. The maximum Gasteiger partial charge on any atom is 0.310 e. The predicted molar refractivity (Wildman–Crippen MR) is 77.0 cm³/mol. The van der Waals surface area contributed by atoms with Crippen molar-refractivity contribution in [3.63, 3.8) is 0 Å². The SMILES string of the molecule is COC(=O)C1CN(C(=O)c2cc(Cl)cc(Cl)c2)CC1C. The summed E-state index contributed by atoms with van der Waals surface area (Å²) in [6, 6.07) is 4.72. The van der Waals surface area contributed by atoms with E-state index in [0.29, 0.717) is 28.7 Å². The molecule has 1 heterocycles. The molecule has 0 radical (unpaired) electrons. The minimum atomic E-state index is -0.281. The van der Waals surface area contributed by atoms with Gasteiger partial charge < -0.3 is 9.64 Å². The normalized spacial score (nSPS) is 21.9. The second kappa shape index (κ2) is 6.02. The zero-order valence-corrected chi connectivity index (χ0v) is 12.7. The molecule has 0 aliphatic carbocycles. The van der Waals surface area contributed by atoms with Crippen LogP contribution < -0.4 is 0 Å². The van der Waals surface area contributed by atoms with Crippen LogP contribution in [0.3, 0.4) is 0 Å². The number of carbonyl (C=O) groups excluding carboxylic acids is 2. The highest BCUT2D eigenvalue weighted by Crippen LogP contribution is 2.27. The number of esters is 1. The van der Waals surface area contributed by atoms with Crippen molar-refractivity contribution in [2.45, 2.75) is 6.92 Å². The summed E-state index contributed by atoms with van der Waals surface area (Å²) in [4.78, 5) is 25.7. The van der Waals surface area contributed by atoms with Gasteiger partial charge in [-0.3, -0.25) is 9.59 Å². The summed E-state index contributed by atoms with van der Waals surface area (Å²) in [6.07, 6.45) is 0. The number of benzene rings is 1. The molecule has 1 amide bonds. The second-order valence-corrected chi connectivity index (χ2v) is 5.85. The van der Waals surface area contributed by atoms with E-state index in [9.17, 15) is 9.59 Å². The fourth-order valence-electron chi connectivity index (χ4n) is 2.45. The third kappa shape index (κ3) is 3.07. The zero-order chi connectivity index (χ0) is 14.9. The van der Waals surface area contributed by atoms with Crippen molar-refractivity contribution in [2.75, 3.05) is 20.2 Å². The third-order valence-corrected chi connectivity index (χ3v) is 3.95. The summed E-state index contributed by atoms with van der Waals surface area (Å²) in [7, 11) is 1.36. The summed E-state index contributed by atoms with van der Waals surface area (Å²) in [5.41, 5.74) is 0.431. The third-order valence-electron chi connectivity index (χ3n) is 3.51. The maximum absolute atomic E-state index is 12.4. The van der Waals surface area contributed by atoms with Gasteiger partial charge in [0.2, 0.25) is 0 Å². The molecule has 20 heavy (non-hydrogen) atoms. The van der Waals surface area contributed by atoms with Crippen LogP contribution in [-0.2, 0) is 9.53 Å². The fourth-order valence-corrected chi connectivity index (χ4v) is 2.98. The molecule has 6 heteroatoms. The smallest absolute Gasteiger partial charge is 0.310 e. The van der Waals surface area contributed by atoms with Gasteiger partial charge in [0, 0.05) is 28.7 Å². The van der Waals surface area contributed by atoms with Gasteiger partial charge in [-0.2, -0.15) is 0 Å². The standard InChI is InChI=1S/C14H15Cl2NO3/c1-8-6-17(7-12(8)14(19)20-2)13(18)9-3-10(15)5-11(16)4-9/h3-5,8,12H,6-7H2,1-2H3. The molecule has 4 nitrogen and oxygen atoms in total. The molecular weight excluding hydrogens is 301 g/mol. The van der Waals surface area contributed by atoms with Gasteiger partial charge in [-0.25, -0.2) is 0 Å². The van der Waals surface area contributed by atoms with Gasteiger partial charge in [-0.15, -0.1) is 0 Å². The molecule has 1 fully saturated rings. The fraction of sp³-hybridized carbons (Fsp3) is 0.429. The highest BCUT2D eigenvalue weighted by atomic mass is 35.5. The van der Waals surface area contributed by atoms with Crippen LogP contribution in [0.25, 0.3) is 0 Å². The average Bonchev–Trinajstić information content (AvgIpc) is 2.78. The van der Waals surface area contributed by atoms with Gasteiger partial charge in [0.05, 0.1) is 13.0 Å². The first-order chi connectivity index (χ1) is 9.42. The van der Waals surface area contributed by atoms with Crippen molar-refractivity contribution < 1.29 is 14.3 Å². The Kier molecular flexibility index (Phi) is 4.55. The van der Waals surface area contributed by atoms with Gasteiger partial charge in [0.1, 0.15) is 0 Å². The van der Waals surface area contributed by atoms with Crippen molar-refractivity contribution in [1.82, 2.24) is 4.90 Å². The first-order valence-electron chi connectivity index (χ1n) is 6.25. The van der Waals surface area contributed by atoms with Crippen LogP contribution in [0.4, 0.5) is 0 Å². The summed E-state index contributed by atoms with van der Waals surface area (Å²) in [6.45, 7) is 2.80. The Hall–Kier alpha value is -1.26. The highest BCUT2D eigenvalue weighted by Gasteiger charge is 2.37. The van der Waals surface area contributed by atoms with Crippen LogP contribution >= 0.6 is 23.2 Å². The lowest BCUT2D eigenvalue weighted by atomic mass is 9.99. The van der Waals surface area contributed by atoms with E-state index < -0.39 is 0 Å². The monoisotopic (exact) mass is 315 g/mol. The number of rotatable bonds is 2. The van der Waals surface area contributed by atoms with Crippen molar-refractivity contribution in [3.8, 4) is 0 Å². The van der Waals surface area contributed by atoms with Crippen molar-refractivity contribution in [1.29, 1.82) is 0 Å². The minimum Gasteiger partial charge on any atom is -0.469 e. The van der Waals surface area contributed by atoms with E-state index in [1.807, 2.05) is 6.92 Å². The molecule has 2 atom stereocenters. The molecule has 0 aromatic heterocycles. The predicted octanol–water partition coefficient (Wildman–Crippen LogP) is 2.87. The van der Waals surface area contributed by atoms with E-state index in [2.05, 4.69) is 0 Å². The molecule has 108 valence electrons. The summed E-state index contributed by atoms with van der Waals surface area (Å²) in [5.74, 6) is -0.663. The lowest BCUT2D eigenvalue weighted by Crippen LogP contribution is -2.30. The lowest BCUT2D eigenvalue weighted by Gasteiger charge is -2.16. The van der Waals surface area contributed by atoms with E-state index in [-0.39, 0.29) is 23.7 Å². The minimum absolute atomic E-state index is 0.0704. The Bertz CT molecular complexity index is 527. The first kappa shape index (κ1) is 15.1. The summed E-state index contributed by atoms with van der Waals surface area (Å²) in [5, 5.41) is 0.829. The van der Waals surface area contributed by atoms with Crippen LogP contribution in [-0.4, -0.2) is 37.0 Å². The van der Waals surface area contributed by atoms with Gasteiger partial charge in [-0.1, -0.05) is 30.1 Å². The molecular formula is C14H15Cl2NO3. The molecule has 0 N–H and O–H groups in total. The molecule has 1 aromatic carbocycles. The van der Waals surface area contributed by atoms with E-state index in [4.69, 9.17) is 27.9 Å². The lowest BCUT2D eigenvalue weighted by molar-refractivity contribution is -0.146. The largest absolute Gasteiger partial charge is 0.469 e. The number of nitrogens with zero attached hydrogens (tertiary/aromatic N) is 1. The number of ether oxygens (including phenoxy) is 1. The van der Waals surface area contributed by atoms with Crippen LogP contribution in [0.1, 0.15) is 17.3 Å². The molecule has 0 saturated carbocycles. The number of hydrogen-bond donors (Lipinski definition) is 0.